The molecule has 0 aromatic heterocycles. The SMILES string of the molecule is C[C@H](O[P@](=O)(OCCCl)[C@@H](C)O[P@@](=O)(CCCl)OCCCl)P(=O)(OCCCl)OCCCl. The molecule has 17 heteroatoms. The first-order chi connectivity index (χ1) is 14.6. The lowest BCUT2D eigenvalue weighted by molar-refractivity contribution is 0.119. The van der Waals surface area contributed by atoms with E-state index >= 15 is 0 Å². The summed E-state index contributed by atoms with van der Waals surface area (Å²) in [5.41, 5.74) is 0. The van der Waals surface area contributed by atoms with Crippen molar-refractivity contribution >= 4 is 80.8 Å². The molecule has 0 heterocycles. The standard InChI is InChI=1S/C14H28Cl5O9P3/c1-13(27-29(20,12-7-19)23-8-3-15)31(22,26-11-6-18)28-14(2)30(21,24-9-4-16)25-10-5-17/h13-14H,3-12H2,1-2H3/t13-,14+,29+,31+/m0/s1. The minimum Gasteiger partial charge on any atom is -0.307 e. The molecule has 0 bridgehead atoms. The Kier molecular flexibility index (Phi) is 18.4. The van der Waals surface area contributed by atoms with Crippen molar-refractivity contribution in [1.82, 2.24) is 0 Å². The topological polar surface area (TPSA) is 107 Å². The van der Waals surface area contributed by atoms with E-state index in [1.165, 1.54) is 13.8 Å². The molecule has 0 radical (unpaired) electrons. The summed E-state index contributed by atoms with van der Waals surface area (Å²) in [6.45, 7) is 2.10. The summed E-state index contributed by atoms with van der Waals surface area (Å²) in [5, 5.41) is 0. The second-order valence-corrected chi connectivity index (χ2v) is 14.2. The number of alkyl halides is 5. The van der Waals surface area contributed by atoms with E-state index in [2.05, 4.69) is 0 Å². The van der Waals surface area contributed by atoms with E-state index in [-0.39, 0.29) is 62.0 Å². The van der Waals surface area contributed by atoms with Gasteiger partial charge >= 0.3 is 22.8 Å². The summed E-state index contributed by atoms with van der Waals surface area (Å²) in [6.07, 6.45) is -0.170. The van der Waals surface area contributed by atoms with E-state index in [0.29, 0.717) is 0 Å². The molecule has 0 fully saturated rings. The Bertz CT molecular complexity index is 618. The first-order valence-corrected chi connectivity index (χ1v) is 16.7. The van der Waals surface area contributed by atoms with Gasteiger partial charge in [0.25, 0.3) is 0 Å². The van der Waals surface area contributed by atoms with Crippen molar-refractivity contribution in [2.75, 3.05) is 62.0 Å². The molecule has 0 amide bonds. The van der Waals surface area contributed by atoms with Crippen LogP contribution in [0.5, 0.6) is 0 Å². The van der Waals surface area contributed by atoms with Gasteiger partial charge in [0.05, 0.1) is 32.6 Å². The molecule has 0 spiro atoms. The van der Waals surface area contributed by atoms with Crippen LogP contribution < -0.4 is 0 Å². The number of hydrogen-bond acceptors (Lipinski definition) is 9. The minimum absolute atomic E-state index is 0.0281. The lowest BCUT2D eigenvalue weighted by Gasteiger charge is -2.31. The van der Waals surface area contributed by atoms with E-state index in [1.807, 2.05) is 0 Å². The van der Waals surface area contributed by atoms with Gasteiger partial charge in [0.2, 0.25) is 0 Å². The third-order valence-electron chi connectivity index (χ3n) is 3.27. The fourth-order valence-electron chi connectivity index (χ4n) is 1.94. The third-order valence-corrected chi connectivity index (χ3v) is 10.9. The summed E-state index contributed by atoms with van der Waals surface area (Å²) >= 11 is 28.1. The molecule has 0 saturated carbocycles. The predicted octanol–water partition coefficient (Wildman–Crippen LogP) is 6.55. The summed E-state index contributed by atoms with van der Waals surface area (Å²) in [4.78, 5) is 0. The van der Waals surface area contributed by atoms with Crippen molar-refractivity contribution in [3.05, 3.63) is 0 Å². The summed E-state index contributed by atoms with van der Waals surface area (Å²) in [5.74, 6) is -2.75. The van der Waals surface area contributed by atoms with E-state index in [1.54, 1.807) is 0 Å². The highest BCUT2D eigenvalue weighted by Gasteiger charge is 2.45. The molecule has 0 aromatic carbocycles. The van der Waals surface area contributed by atoms with Crippen LogP contribution >= 0.6 is 80.8 Å². The van der Waals surface area contributed by atoms with Crippen molar-refractivity contribution < 1.29 is 40.8 Å². The summed E-state index contributed by atoms with van der Waals surface area (Å²) in [7, 11) is -12.0. The maximum Gasteiger partial charge on any atom is 0.360 e. The third kappa shape index (κ3) is 12.4. The first kappa shape index (κ1) is 32.9. The molecule has 9 nitrogen and oxygen atoms in total. The van der Waals surface area contributed by atoms with Crippen LogP contribution in [0.15, 0.2) is 0 Å². The van der Waals surface area contributed by atoms with Gasteiger partial charge in [-0.2, -0.15) is 0 Å². The first-order valence-electron chi connectivity index (χ1n) is 9.09. The molecular formula is C14H28Cl5O9P3. The van der Waals surface area contributed by atoms with Gasteiger partial charge in [0.1, 0.15) is 0 Å². The van der Waals surface area contributed by atoms with Gasteiger partial charge in [-0.3, -0.25) is 22.7 Å². The zero-order chi connectivity index (χ0) is 24.0. The molecule has 0 aliphatic heterocycles. The van der Waals surface area contributed by atoms with Gasteiger partial charge in [-0.25, -0.2) is 0 Å². The largest absolute Gasteiger partial charge is 0.360 e. The van der Waals surface area contributed by atoms with Crippen molar-refractivity contribution in [3.8, 4) is 0 Å². The van der Waals surface area contributed by atoms with Gasteiger partial charge in [0, 0.05) is 29.4 Å². The molecule has 0 aliphatic rings. The molecule has 0 N–H and O–H groups in total. The van der Waals surface area contributed by atoms with E-state index < -0.39 is 34.5 Å². The van der Waals surface area contributed by atoms with Crippen LogP contribution in [-0.4, -0.2) is 73.7 Å². The van der Waals surface area contributed by atoms with Gasteiger partial charge in [-0.1, -0.05) is 0 Å². The molecule has 4 atom stereocenters. The maximum atomic E-state index is 13.5. The Balaban J connectivity index is 5.69. The second kappa shape index (κ2) is 17.3. The fraction of sp³-hybridized carbons (Fsp3) is 1.00. The van der Waals surface area contributed by atoms with Crippen LogP contribution in [0.25, 0.3) is 0 Å². The molecule has 31 heavy (non-hydrogen) atoms. The zero-order valence-corrected chi connectivity index (χ0v) is 23.6. The molecule has 188 valence electrons. The van der Waals surface area contributed by atoms with Gasteiger partial charge in [0.15, 0.2) is 11.7 Å². The average Bonchev–Trinajstić information content (AvgIpc) is 2.73. The Labute approximate surface area is 208 Å². The number of hydrogen-bond donors (Lipinski definition) is 0. The Morgan fingerprint density at radius 2 is 0.968 bits per heavy atom. The normalized spacial score (nSPS) is 18.3. The van der Waals surface area contributed by atoms with Crippen molar-refractivity contribution in [2.45, 2.75) is 25.5 Å². The smallest absolute Gasteiger partial charge is 0.307 e. The van der Waals surface area contributed by atoms with Crippen molar-refractivity contribution in [3.63, 3.8) is 0 Å². The summed E-state index contributed by atoms with van der Waals surface area (Å²) < 4.78 is 71.4. The van der Waals surface area contributed by atoms with E-state index in [0.717, 1.165) is 0 Å². The highest BCUT2D eigenvalue weighted by molar-refractivity contribution is 7.59. The maximum absolute atomic E-state index is 13.5. The molecular weight excluding hydrogens is 582 g/mol. The Morgan fingerprint density at radius 1 is 0.581 bits per heavy atom. The average molecular weight is 611 g/mol. The van der Waals surface area contributed by atoms with Crippen LogP contribution in [0.4, 0.5) is 0 Å². The van der Waals surface area contributed by atoms with Crippen LogP contribution in [0.3, 0.4) is 0 Å². The van der Waals surface area contributed by atoms with Crippen LogP contribution in [0.1, 0.15) is 13.8 Å². The second-order valence-electron chi connectivity index (χ2n) is 5.60. The lowest BCUT2D eigenvalue weighted by Crippen LogP contribution is -2.21. The predicted molar refractivity (Wildman–Crippen MR) is 126 cm³/mol. The Hall–Kier alpha value is 1.90. The zero-order valence-electron chi connectivity index (χ0n) is 17.1. The van der Waals surface area contributed by atoms with Gasteiger partial charge < -0.3 is 18.1 Å². The fourth-order valence-corrected chi connectivity index (χ4v) is 8.78. The van der Waals surface area contributed by atoms with E-state index in [4.69, 9.17) is 85.1 Å². The van der Waals surface area contributed by atoms with Gasteiger partial charge in [-0.05, 0) is 13.8 Å². The van der Waals surface area contributed by atoms with Crippen LogP contribution in [0.2, 0.25) is 0 Å². The highest BCUT2D eigenvalue weighted by Crippen LogP contribution is 2.65. The Morgan fingerprint density at radius 3 is 1.39 bits per heavy atom. The van der Waals surface area contributed by atoms with Gasteiger partial charge in [-0.15, -0.1) is 58.0 Å². The molecule has 0 aromatic rings. The van der Waals surface area contributed by atoms with Crippen LogP contribution in [-0.2, 0) is 40.8 Å². The monoisotopic (exact) mass is 608 g/mol. The summed E-state index contributed by atoms with van der Waals surface area (Å²) in [6, 6.07) is 0. The van der Waals surface area contributed by atoms with Crippen molar-refractivity contribution in [1.29, 1.82) is 0 Å². The lowest BCUT2D eigenvalue weighted by atomic mass is 10.9. The highest BCUT2D eigenvalue weighted by atomic mass is 35.5. The molecule has 0 aliphatic carbocycles. The number of halogens is 5. The minimum atomic E-state index is -4.23. The molecule has 0 saturated heterocycles. The molecule has 0 rings (SSSR count). The molecule has 0 unspecified atom stereocenters. The van der Waals surface area contributed by atoms with E-state index in [9.17, 15) is 13.7 Å². The number of rotatable bonds is 20. The quantitative estimate of drug-likeness (QED) is 0.112. The van der Waals surface area contributed by atoms with Crippen LogP contribution in [0, 0.1) is 0 Å². The van der Waals surface area contributed by atoms with Crippen molar-refractivity contribution in [2.24, 2.45) is 0 Å².